The average molecular weight is 214 g/mol. The molecule has 0 aromatic heterocycles. The van der Waals surface area contributed by atoms with Gasteiger partial charge in [-0.05, 0) is 56.4 Å². The van der Waals surface area contributed by atoms with Crippen molar-refractivity contribution in [2.75, 3.05) is 5.32 Å². The van der Waals surface area contributed by atoms with E-state index in [1.165, 1.54) is 17.5 Å². The second-order valence-electron chi connectivity index (χ2n) is 4.72. The van der Waals surface area contributed by atoms with Gasteiger partial charge >= 0.3 is 0 Å². The molecule has 1 aromatic carbocycles. The number of hydrogen-bond donors (Lipinski definition) is 1. The first-order valence-corrected chi connectivity index (χ1v) is 5.94. The van der Waals surface area contributed by atoms with E-state index in [9.17, 15) is 0 Å². The van der Waals surface area contributed by atoms with Crippen LogP contribution in [0.2, 0.25) is 0 Å². The van der Waals surface area contributed by atoms with E-state index in [-0.39, 0.29) is 5.92 Å². The molecule has 2 atom stereocenters. The summed E-state index contributed by atoms with van der Waals surface area (Å²) in [5.41, 5.74) is 3.76. The lowest BCUT2D eigenvalue weighted by Crippen LogP contribution is -2.22. The van der Waals surface area contributed by atoms with Gasteiger partial charge in [0, 0.05) is 11.7 Å². The van der Waals surface area contributed by atoms with Crippen molar-refractivity contribution >= 4 is 5.69 Å². The third-order valence-electron chi connectivity index (χ3n) is 3.54. The minimum Gasteiger partial charge on any atom is -0.381 e. The Morgan fingerprint density at radius 1 is 1.25 bits per heavy atom. The van der Waals surface area contributed by atoms with Crippen LogP contribution in [-0.2, 0) is 0 Å². The highest BCUT2D eigenvalue weighted by molar-refractivity contribution is 5.49. The van der Waals surface area contributed by atoms with Crippen LogP contribution in [0.15, 0.2) is 18.2 Å². The molecule has 0 aliphatic heterocycles. The van der Waals surface area contributed by atoms with E-state index < -0.39 is 0 Å². The quantitative estimate of drug-likeness (QED) is 0.819. The van der Waals surface area contributed by atoms with E-state index in [0.717, 1.165) is 18.5 Å². The number of hydrogen-bond acceptors (Lipinski definition) is 2. The molecular weight excluding hydrogens is 196 g/mol. The molecule has 0 spiro atoms. The van der Waals surface area contributed by atoms with Crippen LogP contribution in [-0.4, -0.2) is 6.04 Å². The van der Waals surface area contributed by atoms with Gasteiger partial charge in [-0.25, -0.2) is 0 Å². The molecule has 1 aliphatic rings. The Labute approximate surface area is 97.3 Å². The van der Waals surface area contributed by atoms with E-state index in [4.69, 9.17) is 5.26 Å². The molecule has 16 heavy (non-hydrogen) atoms. The monoisotopic (exact) mass is 214 g/mol. The third-order valence-corrected chi connectivity index (χ3v) is 3.54. The maximum atomic E-state index is 9.02. The fourth-order valence-corrected chi connectivity index (χ4v) is 2.33. The first-order valence-electron chi connectivity index (χ1n) is 5.94. The molecular formula is C14H18N2. The highest BCUT2D eigenvalue weighted by Crippen LogP contribution is 2.28. The summed E-state index contributed by atoms with van der Waals surface area (Å²) in [4.78, 5) is 0. The summed E-state index contributed by atoms with van der Waals surface area (Å²) in [6.45, 7) is 4.24. The predicted octanol–water partition coefficient (Wildman–Crippen LogP) is 3.41. The van der Waals surface area contributed by atoms with E-state index in [1.807, 2.05) is 0 Å². The zero-order valence-corrected chi connectivity index (χ0v) is 9.96. The normalized spacial score (nSPS) is 24.1. The van der Waals surface area contributed by atoms with E-state index in [1.54, 1.807) is 0 Å². The van der Waals surface area contributed by atoms with Gasteiger partial charge in [-0.2, -0.15) is 5.26 Å². The van der Waals surface area contributed by atoms with Crippen LogP contribution in [0.4, 0.5) is 5.69 Å². The summed E-state index contributed by atoms with van der Waals surface area (Å²) < 4.78 is 0. The van der Waals surface area contributed by atoms with Crippen LogP contribution in [0, 0.1) is 31.1 Å². The van der Waals surface area contributed by atoms with E-state index in [0.29, 0.717) is 6.04 Å². The standard InChI is InChI=1S/C14H18N2/c1-10-6-7-13(8-11(10)2)16-14-5-3-4-12(14)9-15/h6-8,12,14,16H,3-5H2,1-2H3. The molecule has 0 saturated heterocycles. The van der Waals surface area contributed by atoms with Gasteiger partial charge in [-0.15, -0.1) is 0 Å². The largest absolute Gasteiger partial charge is 0.381 e. The van der Waals surface area contributed by atoms with Crippen molar-refractivity contribution in [2.45, 2.75) is 39.2 Å². The molecule has 1 saturated carbocycles. The highest BCUT2D eigenvalue weighted by atomic mass is 14.9. The van der Waals surface area contributed by atoms with Crippen LogP contribution in [0.1, 0.15) is 30.4 Å². The fraction of sp³-hybridized carbons (Fsp3) is 0.500. The summed E-state index contributed by atoms with van der Waals surface area (Å²) in [5, 5.41) is 12.5. The summed E-state index contributed by atoms with van der Waals surface area (Å²) in [6, 6.07) is 9.15. The second kappa shape index (κ2) is 4.57. The smallest absolute Gasteiger partial charge is 0.0677 e. The number of aryl methyl sites for hydroxylation is 2. The van der Waals surface area contributed by atoms with Gasteiger partial charge in [0.2, 0.25) is 0 Å². The first-order chi connectivity index (χ1) is 7.70. The lowest BCUT2D eigenvalue weighted by Gasteiger charge is -2.17. The van der Waals surface area contributed by atoms with Crippen LogP contribution in [0.5, 0.6) is 0 Å². The minimum atomic E-state index is 0.182. The molecule has 1 N–H and O–H groups in total. The molecule has 0 bridgehead atoms. The predicted molar refractivity (Wildman–Crippen MR) is 66.3 cm³/mol. The van der Waals surface area contributed by atoms with Crippen molar-refractivity contribution in [3.63, 3.8) is 0 Å². The van der Waals surface area contributed by atoms with Gasteiger partial charge in [0.15, 0.2) is 0 Å². The highest BCUT2D eigenvalue weighted by Gasteiger charge is 2.26. The van der Waals surface area contributed by atoms with Crippen LogP contribution in [0.25, 0.3) is 0 Å². The number of anilines is 1. The maximum absolute atomic E-state index is 9.02. The number of nitriles is 1. The van der Waals surface area contributed by atoms with Gasteiger partial charge in [0.25, 0.3) is 0 Å². The molecule has 0 radical (unpaired) electrons. The molecule has 2 unspecified atom stereocenters. The molecule has 1 aromatic rings. The van der Waals surface area contributed by atoms with Crippen molar-refractivity contribution in [2.24, 2.45) is 5.92 Å². The van der Waals surface area contributed by atoms with Crippen molar-refractivity contribution in [3.8, 4) is 6.07 Å². The van der Waals surface area contributed by atoms with Gasteiger partial charge in [0.05, 0.1) is 12.0 Å². The van der Waals surface area contributed by atoms with Gasteiger partial charge in [-0.1, -0.05) is 6.07 Å². The Kier molecular flexibility index (Phi) is 3.14. The number of nitrogens with one attached hydrogen (secondary N) is 1. The van der Waals surface area contributed by atoms with Gasteiger partial charge < -0.3 is 5.32 Å². The average Bonchev–Trinajstić information content (AvgIpc) is 2.71. The summed E-state index contributed by atoms with van der Waals surface area (Å²) >= 11 is 0. The Bertz CT molecular complexity index is 417. The lowest BCUT2D eigenvalue weighted by atomic mass is 10.0. The number of rotatable bonds is 2. The van der Waals surface area contributed by atoms with E-state index >= 15 is 0 Å². The Balaban J connectivity index is 2.09. The Hall–Kier alpha value is -1.49. The summed E-state index contributed by atoms with van der Waals surface area (Å²) in [7, 11) is 0. The molecule has 2 rings (SSSR count). The lowest BCUT2D eigenvalue weighted by molar-refractivity contribution is 0.630. The number of nitrogens with zero attached hydrogens (tertiary/aromatic N) is 1. The second-order valence-corrected chi connectivity index (χ2v) is 4.72. The van der Waals surface area contributed by atoms with Crippen molar-refractivity contribution < 1.29 is 0 Å². The molecule has 84 valence electrons. The van der Waals surface area contributed by atoms with Crippen molar-refractivity contribution in [1.82, 2.24) is 0 Å². The molecule has 0 heterocycles. The molecule has 2 heteroatoms. The van der Waals surface area contributed by atoms with Crippen LogP contribution >= 0.6 is 0 Å². The topological polar surface area (TPSA) is 35.8 Å². The first kappa shape index (κ1) is 11.0. The molecule has 1 fully saturated rings. The summed E-state index contributed by atoms with van der Waals surface area (Å²) in [5.74, 6) is 0.182. The third kappa shape index (κ3) is 2.19. The molecule has 0 amide bonds. The SMILES string of the molecule is Cc1ccc(NC2CCCC2C#N)cc1C. The van der Waals surface area contributed by atoms with Crippen LogP contribution in [0.3, 0.4) is 0 Å². The maximum Gasteiger partial charge on any atom is 0.0677 e. The van der Waals surface area contributed by atoms with Crippen molar-refractivity contribution in [1.29, 1.82) is 5.26 Å². The fourth-order valence-electron chi connectivity index (χ4n) is 2.33. The zero-order chi connectivity index (χ0) is 11.5. The van der Waals surface area contributed by atoms with Gasteiger partial charge in [0.1, 0.15) is 0 Å². The van der Waals surface area contributed by atoms with E-state index in [2.05, 4.69) is 43.4 Å². The van der Waals surface area contributed by atoms with Gasteiger partial charge in [-0.3, -0.25) is 0 Å². The molecule has 1 aliphatic carbocycles. The molecule has 2 nitrogen and oxygen atoms in total. The zero-order valence-electron chi connectivity index (χ0n) is 9.96. The Morgan fingerprint density at radius 3 is 2.75 bits per heavy atom. The minimum absolute atomic E-state index is 0.182. The summed E-state index contributed by atoms with van der Waals surface area (Å²) in [6.07, 6.45) is 3.32. The van der Waals surface area contributed by atoms with Crippen molar-refractivity contribution in [3.05, 3.63) is 29.3 Å². The Morgan fingerprint density at radius 2 is 2.06 bits per heavy atom. The van der Waals surface area contributed by atoms with Crippen LogP contribution < -0.4 is 5.32 Å². The number of benzene rings is 1.